The first kappa shape index (κ1) is 8.74. The lowest BCUT2D eigenvalue weighted by Gasteiger charge is -2.19. The monoisotopic (exact) mass is 200 g/mol. The summed E-state index contributed by atoms with van der Waals surface area (Å²) in [5.41, 5.74) is 2.58. The van der Waals surface area contributed by atoms with E-state index in [4.69, 9.17) is 4.42 Å². The van der Waals surface area contributed by atoms with E-state index in [2.05, 4.69) is 12.1 Å². The van der Waals surface area contributed by atoms with Gasteiger partial charge in [0, 0.05) is 18.4 Å². The summed E-state index contributed by atoms with van der Waals surface area (Å²) in [7, 11) is 0. The van der Waals surface area contributed by atoms with Crippen LogP contribution in [0.15, 0.2) is 47.3 Å². The Morgan fingerprint density at radius 2 is 1.73 bits per heavy atom. The molecule has 0 spiro atoms. The van der Waals surface area contributed by atoms with Gasteiger partial charge in [-0.1, -0.05) is 24.3 Å². The van der Waals surface area contributed by atoms with Crippen LogP contribution in [0.3, 0.4) is 0 Å². The summed E-state index contributed by atoms with van der Waals surface area (Å²) in [4.78, 5) is 0. The van der Waals surface area contributed by atoms with E-state index in [1.807, 2.05) is 18.2 Å². The highest BCUT2D eigenvalue weighted by Gasteiger charge is 2.37. The van der Waals surface area contributed by atoms with Crippen LogP contribution in [0.1, 0.15) is 16.7 Å². The number of fused-ring (bicyclic) bond motifs is 1. The Bertz CT molecular complexity index is 446. The van der Waals surface area contributed by atoms with Gasteiger partial charge in [0.1, 0.15) is 5.60 Å². The van der Waals surface area contributed by atoms with Crippen molar-refractivity contribution < 1.29 is 9.52 Å². The fraction of sp³-hybridized carbons (Fsp3) is 0.231. The van der Waals surface area contributed by atoms with E-state index in [9.17, 15) is 5.11 Å². The van der Waals surface area contributed by atoms with E-state index < -0.39 is 5.60 Å². The van der Waals surface area contributed by atoms with Gasteiger partial charge in [-0.05, 0) is 17.2 Å². The molecule has 15 heavy (non-hydrogen) atoms. The molecule has 0 saturated carbocycles. The molecular weight excluding hydrogens is 188 g/mol. The molecule has 1 aromatic carbocycles. The van der Waals surface area contributed by atoms with Crippen molar-refractivity contribution >= 4 is 0 Å². The van der Waals surface area contributed by atoms with Crippen LogP contribution >= 0.6 is 0 Å². The van der Waals surface area contributed by atoms with Crippen molar-refractivity contribution in [3.05, 3.63) is 59.5 Å². The first-order valence-corrected chi connectivity index (χ1v) is 5.10. The smallest absolute Gasteiger partial charge is 0.101 e. The fourth-order valence-electron chi connectivity index (χ4n) is 2.33. The number of benzene rings is 1. The molecule has 2 nitrogen and oxygen atoms in total. The maximum Gasteiger partial charge on any atom is 0.101 e. The van der Waals surface area contributed by atoms with Crippen LogP contribution in [-0.4, -0.2) is 5.11 Å². The molecule has 0 atom stereocenters. The molecule has 0 unspecified atom stereocenters. The zero-order valence-corrected chi connectivity index (χ0v) is 8.31. The van der Waals surface area contributed by atoms with E-state index in [1.54, 1.807) is 12.5 Å². The lowest BCUT2D eigenvalue weighted by atomic mass is 9.93. The zero-order valence-electron chi connectivity index (χ0n) is 8.31. The number of hydrogen-bond donors (Lipinski definition) is 1. The van der Waals surface area contributed by atoms with Gasteiger partial charge >= 0.3 is 0 Å². The Morgan fingerprint density at radius 1 is 1.07 bits per heavy atom. The Labute approximate surface area is 88.2 Å². The second-order valence-electron chi connectivity index (χ2n) is 4.17. The molecule has 0 radical (unpaired) electrons. The number of hydrogen-bond acceptors (Lipinski definition) is 2. The molecule has 2 heteroatoms. The molecule has 0 aliphatic heterocycles. The minimum absolute atomic E-state index is 0.683. The van der Waals surface area contributed by atoms with Gasteiger partial charge in [0.15, 0.2) is 0 Å². The third kappa shape index (κ3) is 1.29. The van der Waals surface area contributed by atoms with Crippen LogP contribution in [0.2, 0.25) is 0 Å². The predicted molar refractivity (Wildman–Crippen MR) is 56.5 cm³/mol. The molecule has 76 valence electrons. The van der Waals surface area contributed by atoms with Gasteiger partial charge in [-0.15, -0.1) is 0 Å². The summed E-state index contributed by atoms with van der Waals surface area (Å²) in [5.74, 6) is 0. The molecule has 1 N–H and O–H groups in total. The van der Waals surface area contributed by atoms with Crippen LogP contribution in [-0.2, 0) is 18.4 Å². The maximum atomic E-state index is 10.5. The molecule has 1 aliphatic carbocycles. The molecule has 1 aliphatic rings. The number of rotatable bonds is 1. The van der Waals surface area contributed by atoms with Crippen LogP contribution in [0, 0.1) is 0 Å². The SMILES string of the molecule is OC1(c2ccoc2)Cc2ccccc2C1. The highest BCUT2D eigenvalue weighted by molar-refractivity contribution is 5.38. The van der Waals surface area contributed by atoms with Gasteiger partial charge in [0.25, 0.3) is 0 Å². The standard InChI is InChI=1S/C13H12O2/c14-13(12-5-6-15-9-12)7-10-3-1-2-4-11(10)8-13/h1-6,9,14H,7-8H2. The van der Waals surface area contributed by atoms with E-state index in [1.165, 1.54) is 11.1 Å². The molecule has 0 fully saturated rings. The topological polar surface area (TPSA) is 33.4 Å². The van der Waals surface area contributed by atoms with Gasteiger partial charge < -0.3 is 9.52 Å². The highest BCUT2D eigenvalue weighted by atomic mass is 16.3. The fourth-order valence-corrected chi connectivity index (χ4v) is 2.33. The lowest BCUT2D eigenvalue weighted by molar-refractivity contribution is 0.0476. The average Bonchev–Trinajstić information content (AvgIpc) is 2.83. The van der Waals surface area contributed by atoms with Gasteiger partial charge in [-0.3, -0.25) is 0 Å². The normalized spacial score (nSPS) is 17.7. The molecule has 0 saturated heterocycles. The summed E-state index contributed by atoms with van der Waals surface area (Å²) in [6, 6.07) is 10.0. The second kappa shape index (κ2) is 2.97. The lowest BCUT2D eigenvalue weighted by Crippen LogP contribution is -2.25. The van der Waals surface area contributed by atoms with Crippen molar-refractivity contribution in [1.82, 2.24) is 0 Å². The first-order valence-electron chi connectivity index (χ1n) is 5.10. The summed E-state index contributed by atoms with van der Waals surface area (Å²) in [6.07, 6.45) is 4.60. The summed E-state index contributed by atoms with van der Waals surface area (Å²) < 4.78 is 5.03. The summed E-state index contributed by atoms with van der Waals surface area (Å²) in [6.45, 7) is 0. The van der Waals surface area contributed by atoms with Crippen LogP contribution < -0.4 is 0 Å². The molecule has 0 amide bonds. The largest absolute Gasteiger partial charge is 0.472 e. The van der Waals surface area contributed by atoms with E-state index in [0.717, 1.165) is 5.56 Å². The Hall–Kier alpha value is -1.54. The second-order valence-corrected chi connectivity index (χ2v) is 4.17. The molecule has 3 rings (SSSR count). The minimum Gasteiger partial charge on any atom is -0.472 e. The minimum atomic E-state index is -0.767. The Morgan fingerprint density at radius 3 is 2.27 bits per heavy atom. The van der Waals surface area contributed by atoms with Crippen molar-refractivity contribution in [2.75, 3.05) is 0 Å². The highest BCUT2D eigenvalue weighted by Crippen LogP contribution is 2.37. The number of aliphatic hydroxyl groups is 1. The zero-order chi connectivity index (χ0) is 10.3. The van der Waals surface area contributed by atoms with E-state index >= 15 is 0 Å². The van der Waals surface area contributed by atoms with E-state index in [0.29, 0.717) is 12.8 Å². The summed E-state index contributed by atoms with van der Waals surface area (Å²) >= 11 is 0. The molecular formula is C13H12O2. The molecule has 0 bridgehead atoms. The van der Waals surface area contributed by atoms with Crippen LogP contribution in [0.25, 0.3) is 0 Å². The molecule has 2 aromatic rings. The third-order valence-electron chi connectivity index (χ3n) is 3.14. The van der Waals surface area contributed by atoms with Crippen LogP contribution in [0.4, 0.5) is 0 Å². The average molecular weight is 200 g/mol. The van der Waals surface area contributed by atoms with Crippen molar-refractivity contribution in [3.8, 4) is 0 Å². The van der Waals surface area contributed by atoms with Gasteiger partial charge in [0.05, 0.1) is 12.5 Å². The number of furan rings is 1. The van der Waals surface area contributed by atoms with Crippen molar-refractivity contribution in [3.63, 3.8) is 0 Å². The summed E-state index contributed by atoms with van der Waals surface area (Å²) in [5, 5.41) is 10.5. The van der Waals surface area contributed by atoms with Gasteiger partial charge in [0.2, 0.25) is 0 Å². The maximum absolute atomic E-state index is 10.5. The molecule has 1 aromatic heterocycles. The van der Waals surface area contributed by atoms with E-state index in [-0.39, 0.29) is 0 Å². The Balaban J connectivity index is 2.01. The van der Waals surface area contributed by atoms with Crippen molar-refractivity contribution in [2.45, 2.75) is 18.4 Å². The Kier molecular flexibility index (Phi) is 1.73. The third-order valence-corrected chi connectivity index (χ3v) is 3.14. The first-order chi connectivity index (χ1) is 7.28. The van der Waals surface area contributed by atoms with Gasteiger partial charge in [-0.25, -0.2) is 0 Å². The quantitative estimate of drug-likeness (QED) is 0.766. The van der Waals surface area contributed by atoms with Crippen LogP contribution in [0.5, 0.6) is 0 Å². The van der Waals surface area contributed by atoms with Crippen molar-refractivity contribution in [1.29, 1.82) is 0 Å². The predicted octanol–water partition coefficient (Wildman–Crippen LogP) is 2.27. The van der Waals surface area contributed by atoms with Crippen molar-refractivity contribution in [2.24, 2.45) is 0 Å². The molecule has 1 heterocycles. The van der Waals surface area contributed by atoms with Gasteiger partial charge in [-0.2, -0.15) is 0 Å².